The number of hydrogen-bond acceptors (Lipinski definition) is 1. The molecule has 11 rings (SSSR count). The summed E-state index contributed by atoms with van der Waals surface area (Å²) in [7, 11) is 0. The van der Waals surface area contributed by atoms with E-state index in [0.717, 1.165) is 33.0 Å². The number of aromatic nitrogens is 1. The molecule has 10 aromatic rings. The van der Waals surface area contributed by atoms with E-state index >= 15 is 0 Å². The molecule has 0 unspecified atom stereocenters. The second kappa shape index (κ2) is 16.3. The Labute approximate surface area is 375 Å². The number of pyridine rings is 1. The van der Waals surface area contributed by atoms with Gasteiger partial charge in [-0.25, -0.2) is 4.98 Å². The van der Waals surface area contributed by atoms with Crippen LogP contribution in [0.25, 0.3) is 89.8 Å². The van der Waals surface area contributed by atoms with Crippen LogP contribution in [0.4, 0.5) is 0 Å². The molecule has 64 heavy (non-hydrogen) atoms. The molecule has 0 aliphatic heterocycles. The van der Waals surface area contributed by atoms with E-state index in [1.54, 1.807) is 0 Å². The Hall–Kier alpha value is -8.13. The first-order valence-corrected chi connectivity index (χ1v) is 22.1. The zero-order valence-corrected chi connectivity index (χ0v) is 35.7. The van der Waals surface area contributed by atoms with Gasteiger partial charge in [0.15, 0.2) is 0 Å². The lowest BCUT2D eigenvalue weighted by Crippen LogP contribution is -2.30. The van der Waals surface area contributed by atoms with Gasteiger partial charge in [-0.15, -0.1) is 0 Å². The van der Waals surface area contributed by atoms with Gasteiger partial charge in [-0.3, -0.25) is 0 Å². The number of allylic oxidation sites excluding steroid dienone is 1. The molecule has 0 fully saturated rings. The predicted molar refractivity (Wildman–Crippen MR) is 270 cm³/mol. The summed E-state index contributed by atoms with van der Waals surface area (Å²) < 4.78 is 0. The quantitative estimate of drug-likeness (QED) is 0.149. The monoisotopic (exact) mass is 815 g/mol. The van der Waals surface area contributed by atoms with Gasteiger partial charge in [0, 0.05) is 10.8 Å². The highest BCUT2D eigenvalue weighted by Gasteiger charge is 2.46. The van der Waals surface area contributed by atoms with Gasteiger partial charge in [-0.1, -0.05) is 225 Å². The van der Waals surface area contributed by atoms with Crippen LogP contribution in [-0.4, -0.2) is 4.98 Å². The molecule has 0 atom stereocenters. The molecular weight excluding hydrogens is 771 g/mol. The lowest BCUT2D eigenvalue weighted by molar-refractivity contribution is 0.769. The molecule has 0 radical (unpaired) electrons. The molecule has 1 aliphatic rings. The summed E-state index contributed by atoms with van der Waals surface area (Å²) in [6.07, 6.45) is 6.00. The summed E-state index contributed by atoms with van der Waals surface area (Å²) in [6.45, 7) is 6.09. The van der Waals surface area contributed by atoms with Crippen LogP contribution in [-0.2, 0) is 5.41 Å². The average molecular weight is 816 g/mol. The van der Waals surface area contributed by atoms with Crippen molar-refractivity contribution in [2.24, 2.45) is 0 Å². The van der Waals surface area contributed by atoms with Crippen LogP contribution in [0, 0.1) is 0 Å². The molecule has 0 amide bonds. The van der Waals surface area contributed by atoms with Crippen molar-refractivity contribution in [1.82, 2.24) is 4.98 Å². The van der Waals surface area contributed by atoms with Crippen LogP contribution in [0.15, 0.2) is 237 Å². The molecule has 1 aromatic heterocycles. The maximum Gasteiger partial charge on any atom is 0.0715 e. The van der Waals surface area contributed by atoms with Gasteiger partial charge >= 0.3 is 0 Å². The Morgan fingerprint density at radius 2 is 0.859 bits per heavy atom. The van der Waals surface area contributed by atoms with Crippen LogP contribution in [0.5, 0.6) is 0 Å². The van der Waals surface area contributed by atoms with E-state index in [1.807, 2.05) is 19.1 Å². The second-order valence-electron chi connectivity index (χ2n) is 16.6. The second-order valence-corrected chi connectivity index (χ2v) is 16.6. The molecule has 1 nitrogen and oxygen atoms in total. The van der Waals surface area contributed by atoms with Crippen LogP contribution >= 0.6 is 0 Å². The van der Waals surface area contributed by atoms with Crippen molar-refractivity contribution in [1.29, 1.82) is 0 Å². The Morgan fingerprint density at radius 3 is 1.48 bits per heavy atom. The lowest BCUT2D eigenvalue weighted by Gasteiger charge is -2.34. The number of rotatable bonds is 8. The first-order chi connectivity index (χ1) is 31.6. The third-order valence-corrected chi connectivity index (χ3v) is 13.1. The van der Waals surface area contributed by atoms with Gasteiger partial charge < -0.3 is 0 Å². The van der Waals surface area contributed by atoms with E-state index < -0.39 is 5.41 Å². The first-order valence-electron chi connectivity index (χ1n) is 22.1. The van der Waals surface area contributed by atoms with Crippen molar-refractivity contribution in [2.45, 2.75) is 12.3 Å². The zero-order chi connectivity index (χ0) is 43.0. The van der Waals surface area contributed by atoms with Crippen molar-refractivity contribution >= 4 is 22.9 Å². The van der Waals surface area contributed by atoms with Gasteiger partial charge in [-0.2, -0.15) is 0 Å². The first kappa shape index (κ1) is 38.8. The normalized spacial score (nSPS) is 13.1. The molecular formula is C63H45N. The van der Waals surface area contributed by atoms with E-state index in [1.165, 1.54) is 77.5 Å². The highest BCUT2D eigenvalue weighted by molar-refractivity contribution is 5.93. The van der Waals surface area contributed by atoms with Crippen molar-refractivity contribution in [3.8, 4) is 66.9 Å². The Kier molecular flexibility index (Phi) is 9.87. The van der Waals surface area contributed by atoms with Crippen LogP contribution in [0.3, 0.4) is 0 Å². The van der Waals surface area contributed by atoms with Gasteiger partial charge in [0.25, 0.3) is 0 Å². The molecule has 0 bridgehead atoms. The van der Waals surface area contributed by atoms with Gasteiger partial charge in [0.2, 0.25) is 0 Å². The minimum atomic E-state index is -0.428. The predicted octanol–water partition coefficient (Wildman–Crippen LogP) is 14.7. The van der Waals surface area contributed by atoms with Gasteiger partial charge in [0.05, 0.1) is 16.5 Å². The molecule has 1 aliphatic carbocycles. The highest BCUT2D eigenvalue weighted by atomic mass is 14.7. The van der Waals surface area contributed by atoms with Crippen LogP contribution in [0.1, 0.15) is 29.2 Å². The molecule has 0 saturated carbocycles. The number of benzene rings is 9. The lowest BCUT2D eigenvalue weighted by atomic mass is 9.67. The minimum Gasteiger partial charge on any atom is -0.248 e. The summed E-state index contributed by atoms with van der Waals surface area (Å²) in [5.74, 6) is 0. The van der Waals surface area contributed by atoms with E-state index in [9.17, 15) is 0 Å². The summed E-state index contributed by atoms with van der Waals surface area (Å²) in [5, 5.41) is 4.43. The third kappa shape index (κ3) is 6.62. The number of hydrogen-bond donors (Lipinski definition) is 0. The Morgan fingerprint density at radius 1 is 0.391 bits per heavy atom. The highest BCUT2D eigenvalue weighted by Crippen LogP contribution is 2.56. The summed E-state index contributed by atoms with van der Waals surface area (Å²) in [6, 6.07) is 82.1. The maximum absolute atomic E-state index is 5.11. The molecule has 0 saturated heterocycles. The van der Waals surface area contributed by atoms with Crippen LogP contribution in [0.2, 0.25) is 0 Å². The fourth-order valence-electron chi connectivity index (χ4n) is 10.0. The van der Waals surface area contributed by atoms with Crippen molar-refractivity contribution < 1.29 is 0 Å². The van der Waals surface area contributed by atoms with E-state index in [2.05, 4.69) is 237 Å². The Bertz CT molecular complexity index is 3440. The largest absolute Gasteiger partial charge is 0.248 e. The smallest absolute Gasteiger partial charge is 0.0715 e. The standard InChI is InChI=1S/C63H45N/c1-3-16-57-58(42-62(64-61(57)4-2)47-31-27-44(28-32-47)43-17-8-5-9-18-43)46-29-25-45(26-30-46)48-33-34-50-40-51(36-35-49(50)39-48)52-37-38-56-55-23-14-15-24-59(55)63(60(56)41-52,53-19-10-6-11-20-53)54-21-12-7-13-22-54/h3-42H,1H2,2H3/b57-16-,61-4+. The molecule has 1 heterocycles. The third-order valence-electron chi connectivity index (χ3n) is 13.1. The molecule has 1 heteroatoms. The summed E-state index contributed by atoms with van der Waals surface area (Å²) >= 11 is 0. The Balaban J connectivity index is 0.929. The van der Waals surface area contributed by atoms with E-state index in [0.29, 0.717) is 0 Å². The molecule has 0 spiro atoms. The molecule has 0 N–H and O–H groups in total. The van der Waals surface area contributed by atoms with Crippen LogP contribution < -0.4 is 10.6 Å². The average Bonchev–Trinajstić information content (AvgIpc) is 3.67. The maximum atomic E-state index is 5.11. The number of fused-ring (bicyclic) bond motifs is 4. The fraction of sp³-hybridized carbons (Fsp3) is 0.0317. The molecule has 9 aromatic carbocycles. The summed E-state index contributed by atoms with van der Waals surface area (Å²) in [4.78, 5) is 5.11. The van der Waals surface area contributed by atoms with E-state index in [4.69, 9.17) is 4.98 Å². The molecule has 302 valence electrons. The minimum absolute atomic E-state index is 0.428. The SMILES string of the molecule is C=C/C=c1/c(-c2ccc(-c3ccc4cc(-c5ccc6c(c5)C(c5ccccc5)(c5ccccc5)c5ccccc5-6)ccc4c3)cc2)cc(-c2ccc(-c3ccccc3)cc2)n/c1=C/C. The van der Waals surface area contributed by atoms with E-state index in [-0.39, 0.29) is 0 Å². The topological polar surface area (TPSA) is 12.9 Å². The zero-order valence-electron chi connectivity index (χ0n) is 35.7. The van der Waals surface area contributed by atoms with Gasteiger partial charge in [-0.05, 0) is 120 Å². The van der Waals surface area contributed by atoms with Crippen molar-refractivity contribution in [3.63, 3.8) is 0 Å². The summed E-state index contributed by atoms with van der Waals surface area (Å²) in [5.41, 5.74) is 18.8. The van der Waals surface area contributed by atoms with Gasteiger partial charge in [0.1, 0.15) is 0 Å². The van der Waals surface area contributed by atoms with Crippen molar-refractivity contribution in [3.05, 3.63) is 270 Å². The fourth-order valence-corrected chi connectivity index (χ4v) is 10.0. The van der Waals surface area contributed by atoms with Crippen molar-refractivity contribution in [2.75, 3.05) is 0 Å². The number of nitrogens with zero attached hydrogens (tertiary/aromatic N) is 1.